The number of aromatic nitrogens is 3. The maximum Gasteiger partial charge on any atom is 0.123 e. The van der Waals surface area contributed by atoms with Gasteiger partial charge in [-0.3, -0.25) is 5.10 Å². The highest BCUT2D eigenvalue weighted by atomic mass is 35.5. The number of hydrogen-bond donors (Lipinski definition) is 2. The molecular weight excluding hydrogens is 461 g/mol. The molecule has 0 radical (unpaired) electrons. The Hall–Kier alpha value is -4.34. The smallest absolute Gasteiger partial charge is 0.123 e. The normalized spacial score (nSPS) is 11.5. The first-order chi connectivity index (χ1) is 17.1. The van der Waals surface area contributed by atoms with Gasteiger partial charge in [0.2, 0.25) is 0 Å². The van der Waals surface area contributed by atoms with E-state index in [0.717, 1.165) is 38.8 Å². The molecule has 35 heavy (non-hydrogen) atoms. The van der Waals surface area contributed by atoms with E-state index in [1.165, 1.54) is 12.1 Å². The SMILES string of the molecule is N#CC(=Cc1cn(Cc2ccc(F)cc2)c2cc(Cl)ccc12)c1cccc(NCc2cn[nH]c2)c1. The number of halogens is 2. The minimum atomic E-state index is -0.266. The lowest BCUT2D eigenvalue weighted by Gasteiger charge is -2.07. The van der Waals surface area contributed by atoms with E-state index in [1.807, 2.05) is 60.9 Å². The number of anilines is 1. The summed E-state index contributed by atoms with van der Waals surface area (Å²) < 4.78 is 15.4. The molecule has 5 rings (SSSR count). The Balaban J connectivity index is 1.49. The van der Waals surface area contributed by atoms with E-state index < -0.39 is 0 Å². The second-order valence-electron chi connectivity index (χ2n) is 8.21. The number of H-pyrrole nitrogens is 1. The summed E-state index contributed by atoms with van der Waals surface area (Å²) in [4.78, 5) is 0. The molecule has 0 bridgehead atoms. The summed E-state index contributed by atoms with van der Waals surface area (Å²) in [6, 6.07) is 22.3. The van der Waals surface area contributed by atoms with E-state index in [1.54, 1.807) is 18.3 Å². The summed E-state index contributed by atoms with van der Waals surface area (Å²) in [5.74, 6) is -0.266. The summed E-state index contributed by atoms with van der Waals surface area (Å²) in [5, 5.41) is 21.7. The highest BCUT2D eigenvalue weighted by molar-refractivity contribution is 6.31. The molecule has 2 heterocycles. The fraction of sp³-hybridized carbons (Fsp3) is 0.0714. The highest BCUT2D eigenvalue weighted by Crippen LogP contribution is 2.29. The van der Waals surface area contributed by atoms with E-state index in [4.69, 9.17) is 11.6 Å². The number of hydrogen-bond acceptors (Lipinski definition) is 3. The molecule has 3 aromatic carbocycles. The molecular formula is C28H21ClFN5. The summed E-state index contributed by atoms with van der Waals surface area (Å²) in [6.07, 6.45) is 7.51. The fourth-order valence-electron chi connectivity index (χ4n) is 4.04. The summed E-state index contributed by atoms with van der Waals surface area (Å²) in [5.41, 5.74) is 6.14. The molecule has 5 aromatic rings. The second-order valence-corrected chi connectivity index (χ2v) is 8.65. The van der Waals surface area contributed by atoms with Crippen LogP contribution in [0.25, 0.3) is 22.6 Å². The van der Waals surface area contributed by atoms with E-state index in [-0.39, 0.29) is 5.82 Å². The van der Waals surface area contributed by atoms with Crippen molar-refractivity contribution in [2.45, 2.75) is 13.1 Å². The van der Waals surface area contributed by atoms with Crippen LogP contribution in [-0.4, -0.2) is 14.8 Å². The van der Waals surface area contributed by atoms with Crippen molar-refractivity contribution in [1.29, 1.82) is 5.26 Å². The first-order valence-electron chi connectivity index (χ1n) is 11.1. The lowest BCUT2D eigenvalue weighted by Crippen LogP contribution is -1.98. The fourth-order valence-corrected chi connectivity index (χ4v) is 4.20. The van der Waals surface area contributed by atoms with Crippen molar-refractivity contribution in [3.05, 3.63) is 118 Å². The maximum absolute atomic E-state index is 13.4. The Morgan fingerprint density at radius 2 is 1.97 bits per heavy atom. The van der Waals surface area contributed by atoms with Crippen LogP contribution in [0.4, 0.5) is 10.1 Å². The maximum atomic E-state index is 13.4. The van der Waals surface area contributed by atoms with Gasteiger partial charge in [0.05, 0.1) is 23.4 Å². The minimum Gasteiger partial charge on any atom is -0.381 e. The first kappa shape index (κ1) is 22.5. The van der Waals surface area contributed by atoms with Gasteiger partial charge in [-0.05, 0) is 53.6 Å². The Morgan fingerprint density at radius 3 is 2.74 bits per heavy atom. The van der Waals surface area contributed by atoms with Gasteiger partial charge in [0, 0.05) is 52.7 Å². The zero-order valence-electron chi connectivity index (χ0n) is 18.7. The van der Waals surface area contributed by atoms with Gasteiger partial charge in [0.15, 0.2) is 0 Å². The van der Waals surface area contributed by atoms with Gasteiger partial charge in [0.25, 0.3) is 0 Å². The van der Waals surface area contributed by atoms with E-state index in [9.17, 15) is 9.65 Å². The molecule has 0 unspecified atom stereocenters. The van der Waals surface area contributed by atoms with Gasteiger partial charge in [-0.25, -0.2) is 4.39 Å². The Morgan fingerprint density at radius 1 is 1.11 bits per heavy atom. The molecule has 0 amide bonds. The van der Waals surface area contributed by atoms with Gasteiger partial charge in [0.1, 0.15) is 5.82 Å². The van der Waals surface area contributed by atoms with Crippen molar-refractivity contribution in [2.75, 3.05) is 5.32 Å². The average molecular weight is 482 g/mol. The second kappa shape index (κ2) is 9.88. The van der Waals surface area contributed by atoms with Crippen molar-refractivity contribution in [3.63, 3.8) is 0 Å². The lowest BCUT2D eigenvalue weighted by atomic mass is 10.0. The molecule has 0 atom stereocenters. The molecule has 0 fully saturated rings. The van der Waals surface area contributed by atoms with Crippen molar-refractivity contribution in [1.82, 2.24) is 14.8 Å². The van der Waals surface area contributed by atoms with Crippen LogP contribution >= 0.6 is 11.6 Å². The highest BCUT2D eigenvalue weighted by Gasteiger charge is 2.11. The third-order valence-electron chi connectivity index (χ3n) is 5.79. The topological polar surface area (TPSA) is 69.4 Å². The third-order valence-corrected chi connectivity index (χ3v) is 6.02. The van der Waals surface area contributed by atoms with Gasteiger partial charge >= 0.3 is 0 Å². The van der Waals surface area contributed by atoms with Crippen LogP contribution in [0.2, 0.25) is 5.02 Å². The van der Waals surface area contributed by atoms with Crippen molar-refractivity contribution < 1.29 is 4.39 Å². The number of nitrogens with one attached hydrogen (secondary N) is 2. The van der Waals surface area contributed by atoms with Gasteiger partial charge < -0.3 is 9.88 Å². The van der Waals surface area contributed by atoms with Crippen molar-refractivity contribution >= 4 is 39.8 Å². The van der Waals surface area contributed by atoms with Crippen LogP contribution in [0.3, 0.4) is 0 Å². The van der Waals surface area contributed by atoms with E-state index in [0.29, 0.717) is 23.7 Å². The molecule has 0 spiro atoms. The summed E-state index contributed by atoms with van der Waals surface area (Å²) >= 11 is 6.29. The van der Waals surface area contributed by atoms with Crippen molar-refractivity contribution in [2.24, 2.45) is 0 Å². The van der Waals surface area contributed by atoms with Crippen LogP contribution in [0.5, 0.6) is 0 Å². The number of benzene rings is 3. The molecule has 0 saturated carbocycles. The van der Waals surface area contributed by atoms with Gasteiger partial charge in [-0.1, -0.05) is 41.9 Å². The Bertz CT molecular complexity index is 1540. The molecule has 7 heteroatoms. The average Bonchev–Trinajstić information content (AvgIpc) is 3.51. The number of allylic oxidation sites excluding steroid dienone is 1. The van der Waals surface area contributed by atoms with Crippen LogP contribution in [-0.2, 0) is 13.1 Å². The lowest BCUT2D eigenvalue weighted by molar-refractivity contribution is 0.626. The Labute approximate surface area is 207 Å². The number of nitrogens with zero attached hydrogens (tertiary/aromatic N) is 3. The predicted octanol–water partition coefficient (Wildman–Crippen LogP) is 6.88. The number of nitriles is 1. The standard InChI is InChI=1S/C28H21ClFN5/c29-24-6-9-27-23(18-35(28(27)12-24)17-19-4-7-25(30)8-5-19)10-22(13-31)21-2-1-3-26(11-21)32-14-20-15-33-34-16-20/h1-12,15-16,18,32H,14,17H2,(H,33,34). The zero-order chi connectivity index (χ0) is 24.2. The zero-order valence-corrected chi connectivity index (χ0v) is 19.4. The molecule has 0 aliphatic rings. The number of aromatic amines is 1. The monoisotopic (exact) mass is 481 g/mol. The minimum absolute atomic E-state index is 0.266. The number of fused-ring (bicyclic) bond motifs is 1. The quantitative estimate of drug-likeness (QED) is 0.249. The van der Waals surface area contributed by atoms with Crippen LogP contribution < -0.4 is 5.32 Å². The van der Waals surface area contributed by atoms with Crippen molar-refractivity contribution in [3.8, 4) is 6.07 Å². The molecule has 172 valence electrons. The largest absolute Gasteiger partial charge is 0.381 e. The van der Waals surface area contributed by atoms with Crippen LogP contribution in [0, 0.1) is 17.1 Å². The van der Waals surface area contributed by atoms with E-state index in [2.05, 4.69) is 26.2 Å². The van der Waals surface area contributed by atoms with Gasteiger partial charge in [-0.15, -0.1) is 0 Å². The molecule has 5 nitrogen and oxygen atoms in total. The van der Waals surface area contributed by atoms with E-state index >= 15 is 0 Å². The molecule has 0 aliphatic heterocycles. The van der Waals surface area contributed by atoms with Crippen LogP contribution in [0.1, 0.15) is 22.3 Å². The van der Waals surface area contributed by atoms with Crippen LogP contribution in [0.15, 0.2) is 85.3 Å². The predicted molar refractivity (Wildman–Crippen MR) is 138 cm³/mol. The third kappa shape index (κ3) is 5.11. The first-order valence-corrected chi connectivity index (χ1v) is 11.4. The molecule has 2 N–H and O–H groups in total. The summed E-state index contributed by atoms with van der Waals surface area (Å²) in [7, 11) is 0. The molecule has 0 aliphatic carbocycles. The number of rotatable bonds is 7. The molecule has 2 aromatic heterocycles. The molecule has 0 saturated heterocycles. The Kier molecular flexibility index (Phi) is 6.34. The summed E-state index contributed by atoms with van der Waals surface area (Å²) in [6.45, 7) is 1.18. The van der Waals surface area contributed by atoms with Gasteiger partial charge in [-0.2, -0.15) is 10.4 Å².